The zero-order chi connectivity index (χ0) is 23.0. The van der Waals surface area contributed by atoms with Crippen LogP contribution in [0.1, 0.15) is 12.5 Å². The Morgan fingerprint density at radius 3 is 2.48 bits per heavy atom. The number of amides is 2. The first-order valence-electron chi connectivity index (χ1n) is 9.22. The molecule has 2 amide bonds. The zero-order valence-corrected chi connectivity index (χ0v) is 19.7. The van der Waals surface area contributed by atoms with Gasteiger partial charge in [-0.2, -0.15) is 4.31 Å². The van der Waals surface area contributed by atoms with Gasteiger partial charge in [-0.25, -0.2) is 8.42 Å². The van der Waals surface area contributed by atoms with E-state index in [-0.39, 0.29) is 29.8 Å². The first-order valence-corrected chi connectivity index (χ1v) is 11.9. The van der Waals surface area contributed by atoms with E-state index < -0.39 is 15.9 Å². The molecule has 0 saturated carbocycles. The average Bonchev–Trinajstić information content (AvgIpc) is 3.18. The largest absolute Gasteiger partial charge is 0.493 e. The highest BCUT2D eigenvalue weighted by atomic mass is 35.5. The van der Waals surface area contributed by atoms with Gasteiger partial charge in [0.05, 0.1) is 18.0 Å². The molecule has 2 rings (SSSR count). The summed E-state index contributed by atoms with van der Waals surface area (Å²) < 4.78 is 37.0. The molecule has 0 unspecified atom stereocenters. The van der Waals surface area contributed by atoms with Crippen molar-refractivity contribution in [2.24, 2.45) is 0 Å². The van der Waals surface area contributed by atoms with Crippen LogP contribution in [-0.2, 0) is 26.2 Å². The van der Waals surface area contributed by atoms with Crippen LogP contribution < -0.4 is 20.1 Å². The van der Waals surface area contributed by atoms with E-state index in [0.717, 1.165) is 15.6 Å². The van der Waals surface area contributed by atoms with Crippen LogP contribution in [0.4, 0.5) is 0 Å². The second-order valence-corrected chi connectivity index (χ2v) is 10.3. The molecule has 0 aliphatic carbocycles. The average molecular weight is 490 g/mol. The highest BCUT2D eigenvalue weighted by molar-refractivity contribution is 7.91. The van der Waals surface area contributed by atoms with Crippen LogP contribution in [0.5, 0.6) is 11.5 Å². The summed E-state index contributed by atoms with van der Waals surface area (Å²) >= 11 is 6.72. The predicted octanol–water partition coefficient (Wildman–Crippen LogP) is 1.86. The molecule has 9 nitrogen and oxygen atoms in total. The monoisotopic (exact) mass is 489 g/mol. The van der Waals surface area contributed by atoms with Crippen LogP contribution in [0.3, 0.4) is 0 Å². The molecule has 170 valence electrons. The first kappa shape index (κ1) is 24.9. The highest BCUT2D eigenvalue weighted by Crippen LogP contribution is 2.28. The number of hydrogen-bond acceptors (Lipinski definition) is 7. The number of carbonyl (C=O) groups excluding carboxylic acids is 2. The van der Waals surface area contributed by atoms with Gasteiger partial charge in [0.2, 0.25) is 5.91 Å². The molecule has 0 saturated heterocycles. The van der Waals surface area contributed by atoms with Gasteiger partial charge in [0, 0.05) is 20.1 Å². The summed E-state index contributed by atoms with van der Waals surface area (Å²) in [6.07, 6.45) is 0. The van der Waals surface area contributed by atoms with Gasteiger partial charge in [0.1, 0.15) is 4.21 Å². The number of hydrogen-bond donors (Lipinski definition) is 2. The molecule has 0 atom stereocenters. The predicted molar refractivity (Wildman–Crippen MR) is 118 cm³/mol. The third kappa shape index (κ3) is 7.10. The van der Waals surface area contributed by atoms with Crippen molar-refractivity contribution in [2.75, 3.05) is 33.9 Å². The lowest BCUT2D eigenvalue weighted by Gasteiger charge is -2.16. The van der Waals surface area contributed by atoms with Gasteiger partial charge in [-0.05, 0) is 36.8 Å². The van der Waals surface area contributed by atoms with Crippen LogP contribution in [0.25, 0.3) is 0 Å². The van der Waals surface area contributed by atoms with Crippen molar-refractivity contribution in [3.05, 3.63) is 40.2 Å². The summed E-state index contributed by atoms with van der Waals surface area (Å²) in [7, 11) is -1.00. The Kier molecular flexibility index (Phi) is 9.11. The second kappa shape index (κ2) is 11.3. The highest BCUT2D eigenvalue weighted by Gasteiger charge is 2.24. The van der Waals surface area contributed by atoms with Crippen LogP contribution >= 0.6 is 22.9 Å². The fourth-order valence-corrected chi connectivity index (χ4v) is 5.29. The van der Waals surface area contributed by atoms with Gasteiger partial charge < -0.3 is 20.1 Å². The summed E-state index contributed by atoms with van der Waals surface area (Å²) in [5.74, 6) is 0.0867. The first-order chi connectivity index (χ1) is 14.7. The molecule has 1 aromatic carbocycles. The molecule has 31 heavy (non-hydrogen) atoms. The molecule has 2 N–H and O–H groups in total. The lowest BCUT2D eigenvalue weighted by molar-refractivity contribution is -0.123. The van der Waals surface area contributed by atoms with E-state index >= 15 is 0 Å². The number of rotatable bonds is 11. The van der Waals surface area contributed by atoms with Gasteiger partial charge in [-0.15, -0.1) is 11.3 Å². The number of ether oxygens (including phenoxy) is 2. The molecule has 12 heteroatoms. The summed E-state index contributed by atoms with van der Waals surface area (Å²) in [6.45, 7) is 1.99. The number of nitrogens with zero attached hydrogens (tertiary/aromatic N) is 1. The molecule has 0 spiro atoms. The number of likely N-dealkylation sites (N-methyl/N-ethyl adjacent to an activating group) is 2. The van der Waals surface area contributed by atoms with Crippen molar-refractivity contribution in [3.8, 4) is 11.5 Å². The number of methoxy groups -OCH3 is 1. The van der Waals surface area contributed by atoms with Gasteiger partial charge in [-0.3, -0.25) is 9.59 Å². The van der Waals surface area contributed by atoms with Crippen LogP contribution in [0.2, 0.25) is 4.34 Å². The Hall–Kier alpha value is -2.34. The van der Waals surface area contributed by atoms with Gasteiger partial charge >= 0.3 is 0 Å². The maximum Gasteiger partial charge on any atom is 0.257 e. The normalized spacial score (nSPS) is 11.3. The maximum atomic E-state index is 12.5. The summed E-state index contributed by atoms with van der Waals surface area (Å²) in [6, 6.07) is 7.91. The van der Waals surface area contributed by atoms with Crippen molar-refractivity contribution in [3.63, 3.8) is 0 Å². The number of benzene rings is 1. The molecular weight excluding hydrogens is 466 g/mol. The molecule has 0 bridgehead atoms. The van der Waals surface area contributed by atoms with Crippen molar-refractivity contribution in [2.45, 2.75) is 17.7 Å². The van der Waals surface area contributed by atoms with Crippen LogP contribution in [-0.4, -0.2) is 58.4 Å². The number of thiophene rings is 1. The number of sulfonamides is 1. The van der Waals surface area contributed by atoms with E-state index in [9.17, 15) is 18.0 Å². The Morgan fingerprint density at radius 2 is 1.87 bits per heavy atom. The van der Waals surface area contributed by atoms with Gasteiger partial charge in [0.15, 0.2) is 18.1 Å². The molecule has 2 aromatic rings. The smallest absolute Gasteiger partial charge is 0.257 e. The third-order valence-corrected chi connectivity index (χ3v) is 7.53. The third-order valence-electron chi connectivity index (χ3n) is 4.03. The minimum Gasteiger partial charge on any atom is -0.493 e. The Bertz CT molecular complexity index is 1030. The van der Waals surface area contributed by atoms with Gasteiger partial charge in [-0.1, -0.05) is 17.7 Å². The van der Waals surface area contributed by atoms with E-state index in [1.165, 1.54) is 26.3 Å². The van der Waals surface area contributed by atoms with E-state index in [2.05, 4.69) is 10.6 Å². The fourth-order valence-electron chi connectivity index (χ4n) is 2.47. The number of halogens is 1. The Balaban J connectivity index is 1.93. The quantitative estimate of drug-likeness (QED) is 0.498. The molecular formula is C19H24ClN3O6S2. The minimum atomic E-state index is -3.79. The minimum absolute atomic E-state index is 0.0701. The van der Waals surface area contributed by atoms with Crippen molar-refractivity contribution >= 4 is 44.8 Å². The summed E-state index contributed by atoms with van der Waals surface area (Å²) in [5, 5.41) is 5.30. The molecule has 1 aromatic heterocycles. The topological polar surface area (TPSA) is 114 Å². The lowest BCUT2D eigenvalue weighted by Crippen LogP contribution is -2.37. The van der Waals surface area contributed by atoms with Crippen molar-refractivity contribution in [1.29, 1.82) is 0 Å². The summed E-state index contributed by atoms with van der Waals surface area (Å²) in [4.78, 5) is 23.8. The van der Waals surface area contributed by atoms with E-state index in [0.29, 0.717) is 27.9 Å². The molecule has 0 aliphatic heterocycles. The van der Waals surface area contributed by atoms with Crippen molar-refractivity contribution in [1.82, 2.24) is 14.9 Å². The SMILES string of the molecule is CCNC(=O)COc1ccc(CNC(=O)CN(C)S(=O)(=O)c2ccc(Cl)s2)cc1OC. The zero-order valence-electron chi connectivity index (χ0n) is 17.3. The Labute approximate surface area is 190 Å². The molecule has 0 radical (unpaired) electrons. The molecule has 0 aliphatic rings. The van der Waals surface area contributed by atoms with E-state index in [4.69, 9.17) is 21.1 Å². The number of nitrogens with one attached hydrogen (secondary N) is 2. The molecule has 0 fully saturated rings. The fraction of sp³-hybridized carbons (Fsp3) is 0.368. The lowest BCUT2D eigenvalue weighted by atomic mass is 10.2. The second-order valence-electron chi connectivity index (χ2n) is 6.32. The summed E-state index contributed by atoms with van der Waals surface area (Å²) in [5.41, 5.74) is 0.714. The molecule has 1 heterocycles. The van der Waals surface area contributed by atoms with E-state index in [1.807, 2.05) is 6.92 Å². The maximum absolute atomic E-state index is 12.5. The van der Waals surface area contributed by atoms with Crippen LogP contribution in [0, 0.1) is 0 Å². The number of carbonyl (C=O) groups is 2. The van der Waals surface area contributed by atoms with E-state index in [1.54, 1.807) is 18.2 Å². The van der Waals surface area contributed by atoms with Gasteiger partial charge in [0.25, 0.3) is 15.9 Å². The van der Waals surface area contributed by atoms with Crippen molar-refractivity contribution < 1.29 is 27.5 Å². The standard InChI is InChI=1S/C19H24ClN3O6S2/c1-4-21-18(25)12-29-14-6-5-13(9-15(14)28-3)10-22-17(24)11-23(2)31(26,27)19-8-7-16(20)30-19/h5-9H,4,10-12H2,1-3H3,(H,21,25)(H,22,24). The van der Waals surface area contributed by atoms with Crippen LogP contribution in [0.15, 0.2) is 34.5 Å². The Morgan fingerprint density at radius 1 is 1.13 bits per heavy atom.